The molecular formula is C16H16N2O. The van der Waals surface area contributed by atoms with Crippen LogP contribution in [0, 0.1) is 0 Å². The van der Waals surface area contributed by atoms with E-state index in [4.69, 9.17) is 0 Å². The molecule has 96 valence electrons. The number of aryl methyl sites for hydroxylation is 1. The number of fused-ring (bicyclic) bond motifs is 1. The SMILES string of the molecule is CCc1[nH][nH]c(=O)c1Cc1ccc2ccccc2c1. The fourth-order valence-electron chi connectivity index (χ4n) is 2.46. The third-order valence-corrected chi connectivity index (χ3v) is 3.51. The van der Waals surface area contributed by atoms with Crippen molar-refractivity contribution in [2.24, 2.45) is 0 Å². The second kappa shape index (κ2) is 4.76. The first-order chi connectivity index (χ1) is 9.28. The summed E-state index contributed by atoms with van der Waals surface area (Å²) in [6.45, 7) is 2.04. The van der Waals surface area contributed by atoms with E-state index >= 15 is 0 Å². The average Bonchev–Trinajstić information content (AvgIpc) is 2.79. The molecule has 3 aromatic rings. The van der Waals surface area contributed by atoms with Crippen molar-refractivity contribution >= 4 is 10.8 Å². The van der Waals surface area contributed by atoms with Gasteiger partial charge in [-0.2, -0.15) is 0 Å². The smallest absolute Gasteiger partial charge is 0.267 e. The number of hydrogen-bond acceptors (Lipinski definition) is 1. The zero-order valence-corrected chi connectivity index (χ0v) is 10.9. The molecule has 3 nitrogen and oxygen atoms in total. The van der Waals surface area contributed by atoms with E-state index in [0.717, 1.165) is 17.7 Å². The van der Waals surface area contributed by atoms with Crippen molar-refractivity contribution in [1.82, 2.24) is 10.2 Å². The van der Waals surface area contributed by atoms with Crippen molar-refractivity contribution in [2.75, 3.05) is 0 Å². The summed E-state index contributed by atoms with van der Waals surface area (Å²) in [7, 11) is 0. The Hall–Kier alpha value is -2.29. The summed E-state index contributed by atoms with van der Waals surface area (Å²) in [6, 6.07) is 14.6. The van der Waals surface area contributed by atoms with E-state index < -0.39 is 0 Å². The number of benzene rings is 2. The molecule has 3 rings (SSSR count). The highest BCUT2D eigenvalue weighted by Crippen LogP contribution is 2.18. The maximum atomic E-state index is 11.8. The van der Waals surface area contributed by atoms with E-state index in [9.17, 15) is 4.79 Å². The van der Waals surface area contributed by atoms with Gasteiger partial charge in [0.15, 0.2) is 0 Å². The summed E-state index contributed by atoms with van der Waals surface area (Å²) in [5, 5.41) is 8.05. The quantitative estimate of drug-likeness (QED) is 0.739. The predicted octanol–water partition coefficient (Wildman–Crippen LogP) is 3.01. The van der Waals surface area contributed by atoms with E-state index in [2.05, 4.69) is 40.5 Å². The Balaban J connectivity index is 2.01. The van der Waals surface area contributed by atoms with E-state index in [-0.39, 0.29) is 5.56 Å². The minimum atomic E-state index is -0.00925. The van der Waals surface area contributed by atoms with Crippen LogP contribution in [0.15, 0.2) is 47.3 Å². The molecule has 0 bridgehead atoms. The van der Waals surface area contributed by atoms with Crippen LogP contribution in [0.1, 0.15) is 23.7 Å². The van der Waals surface area contributed by atoms with Crippen LogP contribution in [0.5, 0.6) is 0 Å². The monoisotopic (exact) mass is 252 g/mol. The number of aromatic nitrogens is 2. The minimum Gasteiger partial charge on any atom is -0.302 e. The molecule has 0 amide bonds. The average molecular weight is 252 g/mol. The fourth-order valence-corrected chi connectivity index (χ4v) is 2.46. The minimum absolute atomic E-state index is 0.00925. The van der Waals surface area contributed by atoms with E-state index in [0.29, 0.717) is 6.42 Å². The lowest BCUT2D eigenvalue weighted by atomic mass is 10.0. The van der Waals surface area contributed by atoms with Gasteiger partial charge in [-0.25, -0.2) is 0 Å². The van der Waals surface area contributed by atoms with Gasteiger partial charge in [-0.15, -0.1) is 0 Å². The fraction of sp³-hybridized carbons (Fsp3) is 0.188. The van der Waals surface area contributed by atoms with Crippen LogP contribution < -0.4 is 5.56 Å². The van der Waals surface area contributed by atoms with Gasteiger partial charge in [-0.3, -0.25) is 9.89 Å². The Bertz CT molecular complexity index is 768. The lowest BCUT2D eigenvalue weighted by Gasteiger charge is -2.03. The molecule has 0 atom stereocenters. The molecule has 0 radical (unpaired) electrons. The van der Waals surface area contributed by atoms with Crippen molar-refractivity contribution in [1.29, 1.82) is 0 Å². The molecule has 0 aliphatic heterocycles. The zero-order chi connectivity index (χ0) is 13.2. The van der Waals surface area contributed by atoms with E-state index in [1.165, 1.54) is 16.3 Å². The molecule has 0 saturated carbocycles. The molecule has 0 aliphatic carbocycles. The van der Waals surface area contributed by atoms with Crippen LogP contribution in [0.25, 0.3) is 10.8 Å². The first-order valence-electron chi connectivity index (χ1n) is 6.54. The van der Waals surface area contributed by atoms with Crippen molar-refractivity contribution in [3.05, 3.63) is 69.6 Å². The van der Waals surface area contributed by atoms with Gasteiger partial charge in [0, 0.05) is 17.7 Å². The molecule has 0 fully saturated rings. The van der Waals surface area contributed by atoms with Gasteiger partial charge in [0.1, 0.15) is 0 Å². The van der Waals surface area contributed by atoms with Gasteiger partial charge in [-0.05, 0) is 22.8 Å². The Morgan fingerprint density at radius 1 is 1.00 bits per heavy atom. The normalized spacial score (nSPS) is 11.0. The van der Waals surface area contributed by atoms with Crippen molar-refractivity contribution < 1.29 is 0 Å². The third-order valence-electron chi connectivity index (χ3n) is 3.51. The molecular weight excluding hydrogens is 236 g/mol. The molecule has 2 N–H and O–H groups in total. The van der Waals surface area contributed by atoms with Crippen LogP contribution in [-0.2, 0) is 12.8 Å². The lowest BCUT2D eigenvalue weighted by molar-refractivity contribution is 0.957. The van der Waals surface area contributed by atoms with Crippen LogP contribution in [0.2, 0.25) is 0 Å². The van der Waals surface area contributed by atoms with Crippen molar-refractivity contribution in [3.63, 3.8) is 0 Å². The molecule has 1 aromatic heterocycles. The first kappa shape index (κ1) is 11.8. The van der Waals surface area contributed by atoms with Crippen LogP contribution >= 0.6 is 0 Å². The van der Waals surface area contributed by atoms with Crippen LogP contribution in [0.3, 0.4) is 0 Å². The van der Waals surface area contributed by atoms with E-state index in [1.807, 2.05) is 19.1 Å². The van der Waals surface area contributed by atoms with E-state index in [1.54, 1.807) is 0 Å². The molecule has 0 spiro atoms. The zero-order valence-electron chi connectivity index (χ0n) is 10.9. The topological polar surface area (TPSA) is 48.6 Å². The van der Waals surface area contributed by atoms with Crippen LogP contribution in [0.4, 0.5) is 0 Å². The predicted molar refractivity (Wildman–Crippen MR) is 77.5 cm³/mol. The second-order valence-corrected chi connectivity index (χ2v) is 4.75. The number of nitrogens with one attached hydrogen (secondary N) is 2. The highest BCUT2D eigenvalue weighted by molar-refractivity contribution is 5.83. The van der Waals surface area contributed by atoms with Gasteiger partial charge in [0.25, 0.3) is 5.56 Å². The Morgan fingerprint density at radius 2 is 1.79 bits per heavy atom. The van der Waals surface area contributed by atoms with Gasteiger partial charge in [0.2, 0.25) is 0 Å². The lowest BCUT2D eigenvalue weighted by Crippen LogP contribution is -2.07. The molecule has 0 saturated heterocycles. The number of H-pyrrole nitrogens is 2. The highest BCUT2D eigenvalue weighted by atomic mass is 16.1. The number of rotatable bonds is 3. The standard InChI is InChI=1S/C16H16N2O/c1-2-15-14(16(19)18-17-15)10-11-7-8-12-5-3-4-6-13(12)9-11/h3-9H,2,10H2,1H3,(H2,17,18,19). The van der Waals surface area contributed by atoms with Gasteiger partial charge in [-0.1, -0.05) is 49.4 Å². The molecule has 0 unspecified atom stereocenters. The molecule has 0 aliphatic rings. The molecule has 2 aromatic carbocycles. The largest absolute Gasteiger partial charge is 0.302 e. The van der Waals surface area contributed by atoms with Crippen molar-refractivity contribution in [3.8, 4) is 0 Å². The van der Waals surface area contributed by atoms with Crippen molar-refractivity contribution in [2.45, 2.75) is 19.8 Å². The molecule has 3 heteroatoms. The summed E-state index contributed by atoms with van der Waals surface area (Å²) in [5.74, 6) is 0. The highest BCUT2D eigenvalue weighted by Gasteiger charge is 2.09. The van der Waals surface area contributed by atoms with Gasteiger partial charge >= 0.3 is 0 Å². The van der Waals surface area contributed by atoms with Gasteiger partial charge in [0.05, 0.1) is 0 Å². The second-order valence-electron chi connectivity index (χ2n) is 4.75. The number of hydrogen-bond donors (Lipinski definition) is 2. The van der Waals surface area contributed by atoms with Crippen LogP contribution in [-0.4, -0.2) is 10.2 Å². The summed E-state index contributed by atoms with van der Waals surface area (Å²) in [4.78, 5) is 11.8. The summed E-state index contributed by atoms with van der Waals surface area (Å²) >= 11 is 0. The summed E-state index contributed by atoms with van der Waals surface area (Å²) in [6.07, 6.45) is 1.51. The Morgan fingerprint density at radius 3 is 2.58 bits per heavy atom. The maximum absolute atomic E-state index is 11.8. The number of aromatic amines is 2. The Labute approximate surface area is 111 Å². The molecule has 1 heterocycles. The third kappa shape index (κ3) is 2.19. The molecule has 19 heavy (non-hydrogen) atoms. The Kier molecular flexibility index (Phi) is 2.95. The summed E-state index contributed by atoms with van der Waals surface area (Å²) in [5.41, 5.74) is 3.00. The first-order valence-corrected chi connectivity index (χ1v) is 6.54. The maximum Gasteiger partial charge on any atom is 0.267 e. The summed E-state index contributed by atoms with van der Waals surface area (Å²) < 4.78 is 0. The van der Waals surface area contributed by atoms with Gasteiger partial charge < -0.3 is 5.10 Å².